The van der Waals surface area contributed by atoms with Crippen LogP contribution < -0.4 is 5.32 Å². The normalized spacial score (nSPS) is 17.7. The van der Waals surface area contributed by atoms with Crippen molar-refractivity contribution >= 4 is 38.9 Å². The molecule has 1 aromatic heterocycles. The maximum Gasteiger partial charge on any atom is 0.252 e. The van der Waals surface area contributed by atoms with Crippen molar-refractivity contribution in [2.24, 2.45) is 0 Å². The molecule has 1 saturated carbocycles. The first-order valence-corrected chi connectivity index (χ1v) is 10.5. The number of amides is 1. The number of carbonyl (C=O) groups excluding carboxylic acids is 1. The molecule has 0 spiro atoms. The maximum absolute atomic E-state index is 12.4. The maximum atomic E-state index is 12.4. The SMILES string of the molecule is CN(CC(=O)NC1CCCCCCC1)S(=O)(=O)c1ccc(Cl)s1. The summed E-state index contributed by atoms with van der Waals surface area (Å²) in [5, 5.41) is 2.98. The van der Waals surface area contributed by atoms with E-state index in [4.69, 9.17) is 11.6 Å². The molecule has 1 fully saturated rings. The van der Waals surface area contributed by atoms with Crippen molar-refractivity contribution in [3.05, 3.63) is 16.5 Å². The predicted molar refractivity (Wildman–Crippen MR) is 93.4 cm³/mol. The molecule has 23 heavy (non-hydrogen) atoms. The molecule has 1 heterocycles. The van der Waals surface area contributed by atoms with E-state index in [1.165, 1.54) is 32.4 Å². The second-order valence-corrected chi connectivity index (χ2v) is 9.92. The number of nitrogens with one attached hydrogen (secondary N) is 1. The topological polar surface area (TPSA) is 66.5 Å². The van der Waals surface area contributed by atoms with Gasteiger partial charge in [0.15, 0.2) is 0 Å². The molecule has 0 atom stereocenters. The highest BCUT2D eigenvalue weighted by Gasteiger charge is 2.25. The number of rotatable bonds is 5. The molecule has 0 aliphatic heterocycles. The van der Waals surface area contributed by atoms with E-state index >= 15 is 0 Å². The third-order valence-electron chi connectivity index (χ3n) is 4.05. The lowest BCUT2D eigenvalue weighted by atomic mass is 9.97. The minimum absolute atomic E-state index is 0.156. The largest absolute Gasteiger partial charge is 0.352 e. The minimum Gasteiger partial charge on any atom is -0.352 e. The number of thiophene rings is 1. The van der Waals surface area contributed by atoms with Gasteiger partial charge in [0.2, 0.25) is 5.91 Å². The van der Waals surface area contributed by atoms with E-state index in [1.807, 2.05) is 0 Å². The molecule has 0 saturated heterocycles. The van der Waals surface area contributed by atoms with E-state index in [0.29, 0.717) is 4.34 Å². The van der Waals surface area contributed by atoms with Crippen molar-refractivity contribution in [3.63, 3.8) is 0 Å². The van der Waals surface area contributed by atoms with Gasteiger partial charge in [-0.2, -0.15) is 4.31 Å². The number of sulfonamides is 1. The highest BCUT2D eigenvalue weighted by molar-refractivity contribution is 7.91. The number of carbonyl (C=O) groups is 1. The molecule has 1 aliphatic rings. The Hall–Kier alpha value is -0.630. The fourth-order valence-electron chi connectivity index (χ4n) is 2.75. The molecule has 8 heteroatoms. The summed E-state index contributed by atoms with van der Waals surface area (Å²) in [7, 11) is -2.24. The van der Waals surface area contributed by atoms with Crippen molar-refractivity contribution in [1.29, 1.82) is 0 Å². The fourth-order valence-corrected chi connectivity index (χ4v) is 5.57. The number of nitrogens with zero attached hydrogens (tertiary/aromatic N) is 1. The van der Waals surface area contributed by atoms with Gasteiger partial charge in [-0.3, -0.25) is 4.79 Å². The van der Waals surface area contributed by atoms with Crippen LogP contribution >= 0.6 is 22.9 Å². The molecule has 0 radical (unpaired) electrons. The molecule has 2 rings (SSSR count). The first-order valence-electron chi connectivity index (χ1n) is 7.90. The van der Waals surface area contributed by atoms with Crippen LogP contribution in [-0.2, 0) is 14.8 Å². The van der Waals surface area contributed by atoms with E-state index in [2.05, 4.69) is 5.32 Å². The molecule has 1 aromatic rings. The van der Waals surface area contributed by atoms with Gasteiger partial charge in [0.25, 0.3) is 10.0 Å². The van der Waals surface area contributed by atoms with Gasteiger partial charge in [-0.15, -0.1) is 11.3 Å². The van der Waals surface area contributed by atoms with E-state index in [9.17, 15) is 13.2 Å². The number of hydrogen-bond acceptors (Lipinski definition) is 4. The Balaban J connectivity index is 1.91. The van der Waals surface area contributed by atoms with Crippen LogP contribution in [0.2, 0.25) is 4.34 Å². The molecule has 5 nitrogen and oxygen atoms in total. The van der Waals surface area contributed by atoms with Crippen molar-refractivity contribution in [2.75, 3.05) is 13.6 Å². The average Bonchev–Trinajstić information content (AvgIpc) is 2.89. The van der Waals surface area contributed by atoms with Crippen molar-refractivity contribution in [3.8, 4) is 0 Å². The Kier molecular flexibility index (Phi) is 6.88. The molecule has 1 amide bonds. The van der Waals surface area contributed by atoms with Crippen LogP contribution in [0.4, 0.5) is 0 Å². The van der Waals surface area contributed by atoms with Crippen LogP contribution in [0.25, 0.3) is 0 Å². The lowest BCUT2D eigenvalue weighted by Crippen LogP contribution is -2.42. The Morgan fingerprint density at radius 1 is 1.26 bits per heavy atom. The molecular weight excluding hydrogens is 356 g/mol. The average molecular weight is 379 g/mol. The summed E-state index contributed by atoms with van der Waals surface area (Å²) in [6, 6.07) is 3.17. The number of hydrogen-bond donors (Lipinski definition) is 1. The summed E-state index contributed by atoms with van der Waals surface area (Å²) in [5.41, 5.74) is 0. The Morgan fingerprint density at radius 2 is 1.87 bits per heavy atom. The standard InChI is InChI=1S/C15H23ClN2O3S2/c1-18(23(20,21)15-10-9-13(16)22-15)11-14(19)17-12-7-5-3-2-4-6-8-12/h9-10,12H,2-8,11H2,1H3,(H,17,19). The summed E-state index contributed by atoms with van der Waals surface area (Å²) >= 11 is 6.79. The predicted octanol–water partition coefficient (Wildman–Crippen LogP) is 3.25. The van der Waals surface area contributed by atoms with Gasteiger partial charge in [0, 0.05) is 13.1 Å². The van der Waals surface area contributed by atoms with Crippen molar-refractivity contribution in [2.45, 2.75) is 55.2 Å². The molecule has 130 valence electrons. The molecular formula is C15H23ClN2O3S2. The summed E-state index contributed by atoms with van der Waals surface area (Å²) in [4.78, 5) is 12.2. The third kappa shape index (κ3) is 5.45. The number of halogens is 1. The lowest BCUT2D eigenvalue weighted by molar-refractivity contribution is -0.121. The van der Waals surface area contributed by atoms with E-state index < -0.39 is 10.0 Å². The van der Waals surface area contributed by atoms with Crippen LogP contribution in [0, 0.1) is 0 Å². The Morgan fingerprint density at radius 3 is 2.43 bits per heavy atom. The van der Waals surface area contributed by atoms with E-state index in [1.54, 1.807) is 6.07 Å². The highest BCUT2D eigenvalue weighted by Crippen LogP contribution is 2.27. The first-order chi connectivity index (χ1) is 10.9. The van der Waals surface area contributed by atoms with Crippen LogP contribution in [-0.4, -0.2) is 38.3 Å². The molecule has 0 bridgehead atoms. The summed E-state index contributed by atoms with van der Waals surface area (Å²) in [6.45, 7) is -0.172. The van der Waals surface area contributed by atoms with Crippen molar-refractivity contribution in [1.82, 2.24) is 9.62 Å². The summed E-state index contributed by atoms with van der Waals surface area (Å²) in [6.07, 6.45) is 7.87. The van der Waals surface area contributed by atoms with E-state index in [0.717, 1.165) is 41.3 Å². The molecule has 1 N–H and O–H groups in total. The van der Waals surface area contributed by atoms with Gasteiger partial charge in [-0.25, -0.2) is 8.42 Å². The van der Waals surface area contributed by atoms with Crippen LogP contribution in [0.15, 0.2) is 16.3 Å². The molecule has 0 unspecified atom stereocenters. The molecule has 0 aromatic carbocycles. The minimum atomic E-state index is -3.66. The van der Waals surface area contributed by atoms with Crippen LogP contribution in [0.1, 0.15) is 44.9 Å². The number of likely N-dealkylation sites (N-methyl/N-ethyl adjacent to an activating group) is 1. The van der Waals surface area contributed by atoms with Gasteiger partial charge >= 0.3 is 0 Å². The second-order valence-electron chi connectivity index (χ2n) is 5.93. The van der Waals surface area contributed by atoms with Gasteiger partial charge in [-0.1, -0.05) is 43.7 Å². The Bertz CT molecular complexity index is 622. The van der Waals surface area contributed by atoms with Gasteiger partial charge in [0.1, 0.15) is 4.21 Å². The Labute approximate surface area is 147 Å². The monoisotopic (exact) mass is 378 g/mol. The van der Waals surface area contributed by atoms with Crippen molar-refractivity contribution < 1.29 is 13.2 Å². The first kappa shape index (κ1) is 18.7. The summed E-state index contributed by atoms with van der Waals surface area (Å²) < 4.78 is 26.4. The second kappa shape index (κ2) is 8.46. The van der Waals surface area contributed by atoms with Crippen LogP contribution in [0.5, 0.6) is 0 Å². The summed E-state index contributed by atoms with van der Waals surface area (Å²) in [5.74, 6) is -0.246. The zero-order valence-electron chi connectivity index (χ0n) is 13.3. The van der Waals surface area contributed by atoms with Crippen LogP contribution in [0.3, 0.4) is 0 Å². The molecule has 1 aliphatic carbocycles. The lowest BCUT2D eigenvalue weighted by Gasteiger charge is -2.22. The van der Waals surface area contributed by atoms with Gasteiger partial charge in [-0.05, 0) is 25.0 Å². The van der Waals surface area contributed by atoms with E-state index in [-0.39, 0.29) is 22.7 Å². The smallest absolute Gasteiger partial charge is 0.252 e. The van der Waals surface area contributed by atoms with Gasteiger partial charge in [0.05, 0.1) is 10.9 Å². The third-order valence-corrected chi connectivity index (χ3v) is 7.55. The fraction of sp³-hybridized carbons (Fsp3) is 0.667. The zero-order valence-corrected chi connectivity index (χ0v) is 15.6. The highest BCUT2D eigenvalue weighted by atomic mass is 35.5. The zero-order chi connectivity index (χ0) is 16.9. The van der Waals surface area contributed by atoms with Gasteiger partial charge < -0.3 is 5.32 Å². The quantitative estimate of drug-likeness (QED) is 0.855.